The molecule has 0 aliphatic heterocycles. The highest BCUT2D eigenvalue weighted by Crippen LogP contribution is 2.34. The van der Waals surface area contributed by atoms with Gasteiger partial charge in [-0.1, -0.05) is 12.1 Å². The van der Waals surface area contributed by atoms with E-state index >= 15 is 0 Å². The lowest BCUT2D eigenvalue weighted by molar-refractivity contribution is -0.385. The van der Waals surface area contributed by atoms with Gasteiger partial charge in [-0.05, 0) is 58.0 Å². The first-order chi connectivity index (χ1) is 13.4. The molecule has 144 valence electrons. The number of benzene rings is 2. The third-order valence-corrected chi connectivity index (χ3v) is 4.54. The van der Waals surface area contributed by atoms with Gasteiger partial charge in [0, 0.05) is 12.6 Å². The van der Waals surface area contributed by atoms with E-state index in [1.54, 1.807) is 37.4 Å². The van der Waals surface area contributed by atoms with Crippen molar-refractivity contribution in [1.82, 2.24) is 5.32 Å². The van der Waals surface area contributed by atoms with Crippen LogP contribution in [0.25, 0.3) is 6.08 Å². The van der Waals surface area contributed by atoms with Gasteiger partial charge in [-0.15, -0.1) is 0 Å². The largest absolute Gasteiger partial charge is 0.497 e. The minimum atomic E-state index is -0.577. The summed E-state index contributed by atoms with van der Waals surface area (Å²) in [5.41, 5.74) is 0.787. The third-order valence-electron chi connectivity index (χ3n) is 3.74. The van der Waals surface area contributed by atoms with Crippen LogP contribution >= 0.6 is 22.6 Å². The summed E-state index contributed by atoms with van der Waals surface area (Å²) in [7, 11) is 2.90. The Labute approximate surface area is 175 Å². The maximum Gasteiger partial charge on any atom is 0.312 e. The van der Waals surface area contributed by atoms with Gasteiger partial charge in [0.1, 0.15) is 17.4 Å². The summed E-state index contributed by atoms with van der Waals surface area (Å²) < 4.78 is 10.6. The van der Waals surface area contributed by atoms with Gasteiger partial charge in [-0.2, -0.15) is 5.26 Å². The number of amides is 1. The predicted octanol–water partition coefficient (Wildman–Crippen LogP) is 3.44. The molecule has 0 saturated carbocycles. The average molecular weight is 493 g/mol. The zero-order valence-electron chi connectivity index (χ0n) is 15.1. The maximum atomic E-state index is 12.3. The predicted molar refractivity (Wildman–Crippen MR) is 111 cm³/mol. The Balaban J connectivity index is 2.21. The fourth-order valence-corrected chi connectivity index (χ4v) is 3.21. The molecular formula is C19H16IN3O5. The SMILES string of the molecule is COc1ccc(CNC(=O)/C(C#N)=C\c2cc(I)c(OC)c([N+](=O)[O-])c2)cc1. The molecule has 0 aliphatic rings. The number of hydrogen-bond donors (Lipinski definition) is 1. The van der Waals surface area contributed by atoms with E-state index in [-0.39, 0.29) is 23.6 Å². The molecule has 0 atom stereocenters. The number of nitriles is 1. The smallest absolute Gasteiger partial charge is 0.312 e. The lowest BCUT2D eigenvalue weighted by atomic mass is 10.1. The van der Waals surface area contributed by atoms with Crippen molar-refractivity contribution in [2.45, 2.75) is 6.54 Å². The number of nitro groups is 1. The Morgan fingerprint density at radius 1 is 1.29 bits per heavy atom. The van der Waals surface area contributed by atoms with E-state index in [1.807, 2.05) is 28.7 Å². The number of nitrogens with one attached hydrogen (secondary N) is 1. The van der Waals surface area contributed by atoms with Crippen LogP contribution in [-0.2, 0) is 11.3 Å². The summed E-state index contributed by atoms with van der Waals surface area (Å²) in [5.74, 6) is 0.250. The fourth-order valence-electron chi connectivity index (χ4n) is 2.36. The molecule has 0 radical (unpaired) electrons. The van der Waals surface area contributed by atoms with Crippen LogP contribution in [-0.4, -0.2) is 25.1 Å². The van der Waals surface area contributed by atoms with Crippen LogP contribution in [0.15, 0.2) is 42.0 Å². The minimum Gasteiger partial charge on any atom is -0.497 e. The standard InChI is InChI=1S/C19H16IN3O5/c1-27-15-5-3-12(4-6-15)11-22-19(24)14(10-21)7-13-8-16(20)18(28-2)17(9-13)23(25)26/h3-9H,11H2,1-2H3,(H,22,24)/b14-7-. The molecule has 0 spiro atoms. The molecule has 2 rings (SSSR count). The molecule has 0 bridgehead atoms. The van der Waals surface area contributed by atoms with Crippen LogP contribution in [0.5, 0.6) is 11.5 Å². The van der Waals surface area contributed by atoms with Crippen LogP contribution in [0.1, 0.15) is 11.1 Å². The Morgan fingerprint density at radius 2 is 1.96 bits per heavy atom. The summed E-state index contributed by atoms with van der Waals surface area (Å²) in [6.45, 7) is 0.224. The van der Waals surface area contributed by atoms with Crippen LogP contribution in [0.3, 0.4) is 0 Å². The van der Waals surface area contributed by atoms with E-state index in [0.717, 1.165) is 5.56 Å². The van der Waals surface area contributed by atoms with Crippen LogP contribution in [0, 0.1) is 25.0 Å². The van der Waals surface area contributed by atoms with Crippen LogP contribution in [0.4, 0.5) is 5.69 Å². The molecular weight excluding hydrogens is 477 g/mol. The van der Waals surface area contributed by atoms with E-state index in [0.29, 0.717) is 14.9 Å². The summed E-state index contributed by atoms with van der Waals surface area (Å²) in [5, 5.41) is 23.2. The molecule has 0 aromatic heterocycles. The lowest BCUT2D eigenvalue weighted by Gasteiger charge is -2.07. The Kier molecular flexibility index (Phi) is 7.34. The number of rotatable bonds is 7. The van der Waals surface area contributed by atoms with Crippen molar-refractivity contribution in [3.8, 4) is 17.6 Å². The monoisotopic (exact) mass is 493 g/mol. The van der Waals surface area contributed by atoms with Gasteiger partial charge >= 0.3 is 5.69 Å². The second-order valence-corrected chi connectivity index (χ2v) is 6.67. The molecule has 28 heavy (non-hydrogen) atoms. The zero-order valence-corrected chi connectivity index (χ0v) is 17.2. The number of ether oxygens (including phenoxy) is 2. The number of nitrogens with zero attached hydrogens (tertiary/aromatic N) is 2. The molecule has 1 amide bonds. The lowest BCUT2D eigenvalue weighted by Crippen LogP contribution is -2.23. The van der Waals surface area contributed by atoms with Crippen molar-refractivity contribution < 1.29 is 19.2 Å². The molecule has 2 aromatic carbocycles. The Morgan fingerprint density at radius 3 is 2.50 bits per heavy atom. The summed E-state index contributed by atoms with van der Waals surface area (Å²) in [6.07, 6.45) is 1.30. The normalized spacial score (nSPS) is 10.7. The van der Waals surface area contributed by atoms with Gasteiger partial charge in [0.2, 0.25) is 5.75 Å². The molecule has 0 heterocycles. The van der Waals surface area contributed by atoms with E-state index in [9.17, 15) is 20.2 Å². The van der Waals surface area contributed by atoms with E-state index in [2.05, 4.69) is 5.32 Å². The van der Waals surface area contributed by atoms with Gasteiger partial charge in [0.25, 0.3) is 5.91 Å². The van der Waals surface area contributed by atoms with E-state index < -0.39 is 10.8 Å². The van der Waals surface area contributed by atoms with E-state index in [1.165, 1.54) is 19.3 Å². The molecule has 0 aliphatic carbocycles. The number of halogens is 1. The quantitative estimate of drug-likeness (QED) is 0.208. The highest BCUT2D eigenvalue weighted by Gasteiger charge is 2.19. The molecule has 0 saturated heterocycles. The van der Waals surface area contributed by atoms with Crippen molar-refractivity contribution in [1.29, 1.82) is 5.26 Å². The number of carbonyl (C=O) groups excluding carboxylic acids is 1. The summed E-state index contributed by atoms with van der Waals surface area (Å²) in [4.78, 5) is 23.0. The van der Waals surface area contributed by atoms with Crippen molar-refractivity contribution in [2.24, 2.45) is 0 Å². The van der Waals surface area contributed by atoms with Gasteiger partial charge in [0.15, 0.2) is 0 Å². The summed E-state index contributed by atoms with van der Waals surface area (Å²) >= 11 is 1.90. The highest BCUT2D eigenvalue weighted by molar-refractivity contribution is 14.1. The number of carbonyl (C=O) groups is 1. The van der Waals surface area contributed by atoms with Crippen molar-refractivity contribution in [3.05, 3.63) is 66.8 Å². The number of nitro benzene ring substituents is 1. The molecule has 0 unspecified atom stereocenters. The Hall–Kier alpha value is -3.13. The third kappa shape index (κ3) is 5.20. The van der Waals surface area contributed by atoms with Crippen LogP contribution < -0.4 is 14.8 Å². The number of methoxy groups -OCH3 is 2. The second-order valence-electron chi connectivity index (χ2n) is 5.51. The molecule has 8 nitrogen and oxygen atoms in total. The van der Waals surface area contributed by atoms with Crippen LogP contribution in [0.2, 0.25) is 0 Å². The highest BCUT2D eigenvalue weighted by atomic mass is 127. The van der Waals surface area contributed by atoms with Crippen molar-refractivity contribution in [3.63, 3.8) is 0 Å². The topological polar surface area (TPSA) is 114 Å². The number of hydrogen-bond acceptors (Lipinski definition) is 6. The van der Waals surface area contributed by atoms with Crippen molar-refractivity contribution >= 4 is 40.3 Å². The molecule has 2 aromatic rings. The van der Waals surface area contributed by atoms with Crippen molar-refractivity contribution in [2.75, 3.05) is 14.2 Å². The fraction of sp³-hybridized carbons (Fsp3) is 0.158. The molecule has 9 heteroatoms. The maximum absolute atomic E-state index is 12.3. The van der Waals surface area contributed by atoms with Gasteiger partial charge < -0.3 is 14.8 Å². The summed E-state index contributed by atoms with van der Waals surface area (Å²) in [6, 6.07) is 11.8. The Bertz CT molecular complexity index is 965. The van der Waals surface area contributed by atoms with E-state index in [4.69, 9.17) is 9.47 Å². The minimum absolute atomic E-state index is 0.130. The molecule has 1 N–H and O–H groups in total. The first-order valence-corrected chi connectivity index (χ1v) is 9.02. The first kappa shape index (κ1) is 21.2. The van der Waals surface area contributed by atoms with Gasteiger partial charge in [-0.25, -0.2) is 0 Å². The van der Waals surface area contributed by atoms with Gasteiger partial charge in [0.05, 0.1) is 22.7 Å². The zero-order chi connectivity index (χ0) is 20.7. The van der Waals surface area contributed by atoms with Gasteiger partial charge in [-0.3, -0.25) is 14.9 Å². The first-order valence-electron chi connectivity index (χ1n) is 7.94. The second kappa shape index (κ2) is 9.70. The molecule has 0 fully saturated rings. The average Bonchev–Trinajstić information content (AvgIpc) is 2.70.